The first-order valence-corrected chi connectivity index (χ1v) is 47.7. The van der Waals surface area contributed by atoms with Crippen molar-refractivity contribution in [1.82, 2.24) is 0 Å². The molecule has 0 saturated heterocycles. The zero-order valence-corrected chi connectivity index (χ0v) is 98.3. The Hall–Kier alpha value is 7.56. The van der Waals surface area contributed by atoms with Crippen molar-refractivity contribution in [2.75, 3.05) is 0 Å². The van der Waals surface area contributed by atoms with Crippen LogP contribution in [0.4, 0.5) is 0 Å². The molecule has 0 spiro atoms. The Labute approximate surface area is 666 Å². The summed E-state index contributed by atoms with van der Waals surface area (Å²) < 4.78 is 17.7. The predicted octanol–water partition coefficient (Wildman–Crippen LogP) is 18.8. The fraction of sp³-hybridized carbons (Fsp3) is 0.692. The summed E-state index contributed by atoms with van der Waals surface area (Å²) in [7, 11) is 0. The average molecular weight is 3470 g/mol. The Morgan fingerprint density at radius 1 is 0.380 bits per heavy atom. The van der Waals surface area contributed by atoms with Crippen molar-refractivity contribution in [1.29, 1.82) is 0 Å². The molecule has 0 bridgehead atoms. The summed E-state index contributed by atoms with van der Waals surface area (Å²) in [5.41, 5.74) is 3.80. The van der Waals surface area contributed by atoms with Crippen LogP contribution in [-0.2, 0) is 272 Å². The maximum absolute atomic E-state index is 5.32. The second-order valence-electron chi connectivity index (χ2n) is 27.4. The summed E-state index contributed by atoms with van der Waals surface area (Å²) in [6, 6.07) is 0. The molecule has 0 radical (unpaired) electrons. The summed E-state index contributed by atoms with van der Waals surface area (Å²) in [4.78, 5) is 4.58. The molecule has 0 unspecified atom stereocenters. The van der Waals surface area contributed by atoms with Crippen LogP contribution in [0.3, 0.4) is 0 Å². The van der Waals surface area contributed by atoms with E-state index >= 15 is 0 Å². The standard InChI is InChI=1S/C13H21.C11H19.C7H11.4C5H9.3C4H9.CH3.CH.14W/c1-8-11(13(5,6)7)9-10-12(2,3)4;1-10(2,3)8-7-9-11(4,5)6;1-5-6-7(2,3)4;4*1-5(2,3)4;3*1-4(2)3;;;;;;;;;;;;;;;;/h1,8-9H,2-7H3;7H,1-6H3;1,5H,2-4H3;4*1-3H3;3*1-3H3;1H3;1H;;;;;;;;;;;;;;/q12*-1;;;;;;;;;;;;3*+2. The zero-order valence-electron chi connectivity index (χ0n) is 57.3. The number of allylic oxidation sites excluding steroid dienone is 7. The van der Waals surface area contributed by atoms with Gasteiger partial charge in [0.05, 0.1) is 0 Å². The van der Waals surface area contributed by atoms with Crippen molar-refractivity contribution in [3.05, 3.63) is 73.8 Å². The third-order valence-electron chi connectivity index (χ3n) is 5.27. The maximum atomic E-state index is 5.32. The van der Waals surface area contributed by atoms with Gasteiger partial charge < -0.3 is 25.2 Å². The molecule has 0 saturated carbocycles. The molecule has 468 valence electrons. The van der Waals surface area contributed by atoms with E-state index in [-0.39, 0.29) is 113 Å². The third kappa shape index (κ3) is 201. The molecule has 0 rings (SSSR count). The fourth-order valence-electron chi connectivity index (χ4n) is 1.63. The molecule has 0 aliphatic carbocycles. The van der Waals surface area contributed by atoms with Crippen LogP contribution < -0.4 is 0 Å². The molecular weight excluding hydrogens is 3350 g/mol. The SMILES string of the molecule is CC(C)(C)[C-]=CC(=C[CH]=[W])C(C)(C)C.CC(C)(C)[C-]=C[C](=[W])C(C)(C)C.CC(C)(C)[C-]=[W].CC(C)(C)[C-]=[W].CC(C)(C)[C-]=[W].CC(C)(C)[C-]=[W].C[C-](C)C.C[C-](C)C.C[C-](C)C.[CH-]=C[C](=[W])C(C)(C)C.[CH-]=[W].[CH3-].[W+2].[W+2].[W+2].[W].[W]=[W]. The van der Waals surface area contributed by atoms with Crippen LogP contribution in [0.1, 0.15) is 249 Å². The van der Waals surface area contributed by atoms with Gasteiger partial charge in [-0.1, -0.05) is 0 Å². The van der Waals surface area contributed by atoms with E-state index in [4.69, 9.17) is 6.58 Å². The van der Waals surface area contributed by atoms with Gasteiger partial charge in [-0.05, 0) is 0 Å². The Bertz CT molecular complexity index is 1370. The first-order chi connectivity index (χ1) is 32.2. The van der Waals surface area contributed by atoms with Crippen LogP contribution in [0.2, 0.25) is 0 Å². The van der Waals surface area contributed by atoms with Crippen molar-refractivity contribution >= 4 is 34.7 Å². The molecule has 0 amide bonds. The zero-order chi connectivity index (χ0) is 63.7. The van der Waals surface area contributed by atoms with E-state index in [1.807, 2.05) is 0 Å². The summed E-state index contributed by atoms with van der Waals surface area (Å²) in [6.07, 6.45) is 15.0. The van der Waals surface area contributed by atoms with Crippen LogP contribution in [0.25, 0.3) is 0 Å². The molecule has 79 heavy (non-hydrogen) atoms. The monoisotopic (exact) mass is 3470 g/mol. The quantitative estimate of drug-likeness (QED) is 0.194. The van der Waals surface area contributed by atoms with Gasteiger partial charge in [0.25, 0.3) is 0 Å². The Balaban J connectivity index is -0.0000000365. The van der Waals surface area contributed by atoms with Crippen LogP contribution in [0.15, 0.2) is 29.9 Å². The van der Waals surface area contributed by atoms with Crippen molar-refractivity contribution in [3.63, 3.8) is 0 Å². The second-order valence-corrected chi connectivity index (χ2v) is 34.5. The first kappa shape index (κ1) is 131. The number of hydrogen-bond acceptors (Lipinski definition) is 0. The predicted molar refractivity (Wildman–Crippen MR) is 317 cm³/mol. The second kappa shape index (κ2) is 74.6. The Morgan fingerprint density at radius 2 is 0.544 bits per heavy atom. The molecule has 0 fully saturated rings. The molecule has 0 nitrogen and oxygen atoms in total. The normalized spacial score (nSPS) is 10.7. The van der Waals surface area contributed by atoms with Crippen LogP contribution in [-0.4, -0.2) is 34.7 Å². The molecule has 0 heterocycles. The number of hydrogen-bond donors (Lipinski definition) is 0. The van der Waals surface area contributed by atoms with Gasteiger partial charge in [0.2, 0.25) is 0 Å². The van der Waals surface area contributed by atoms with E-state index in [9.17, 15) is 0 Å². The van der Waals surface area contributed by atoms with E-state index in [1.165, 1.54) is 147 Å². The first-order valence-electron chi connectivity index (χ1n) is 24.5. The molecule has 0 aliphatic heterocycles. The molecule has 0 aliphatic rings. The summed E-state index contributed by atoms with van der Waals surface area (Å²) in [6.45, 7) is 82.9. The van der Waals surface area contributed by atoms with Gasteiger partial charge in [-0.3, -0.25) is 0 Å². The van der Waals surface area contributed by atoms with Crippen molar-refractivity contribution in [2.24, 2.45) is 48.7 Å². The van der Waals surface area contributed by atoms with Gasteiger partial charge in [0.1, 0.15) is 0 Å². The van der Waals surface area contributed by atoms with Gasteiger partial charge in [0.15, 0.2) is 0 Å². The number of rotatable bonds is 4. The molecule has 0 aromatic rings. The van der Waals surface area contributed by atoms with Crippen molar-refractivity contribution < 1.29 is 272 Å². The summed E-state index contributed by atoms with van der Waals surface area (Å²) >= 11 is 14.7. The van der Waals surface area contributed by atoms with E-state index < -0.39 is 0 Å². The molecule has 14 heteroatoms. The minimum atomic E-state index is 0. The van der Waals surface area contributed by atoms with E-state index in [0.29, 0.717) is 27.1 Å². The fourth-order valence-corrected chi connectivity index (χ4v) is 2.37. The summed E-state index contributed by atoms with van der Waals surface area (Å²) in [5, 5.41) is 0. The van der Waals surface area contributed by atoms with Gasteiger partial charge in [-0.25, -0.2) is 0 Å². The van der Waals surface area contributed by atoms with Crippen molar-refractivity contribution in [2.45, 2.75) is 249 Å². The van der Waals surface area contributed by atoms with Gasteiger partial charge in [-0.15, -0.1) is 0 Å². The van der Waals surface area contributed by atoms with Crippen LogP contribution >= 0.6 is 0 Å². The summed E-state index contributed by atoms with van der Waals surface area (Å²) in [5.74, 6) is 4.25. The van der Waals surface area contributed by atoms with Crippen LogP contribution in [0.5, 0.6) is 0 Å². The average Bonchev–Trinajstić information content (AvgIpc) is 3.17. The third-order valence-corrected chi connectivity index (χ3v) is 19.9. The van der Waals surface area contributed by atoms with Crippen LogP contribution in [0, 0.1) is 92.6 Å². The molecule has 0 atom stereocenters. The molecule has 0 aromatic heterocycles. The Kier molecular flexibility index (Phi) is 124. The van der Waals surface area contributed by atoms with E-state index in [2.05, 4.69) is 307 Å². The van der Waals surface area contributed by atoms with Crippen molar-refractivity contribution in [3.8, 4) is 0 Å². The van der Waals surface area contributed by atoms with E-state index in [0.717, 1.165) is 19.4 Å². The molecular formula is C65H118W14-6. The molecule has 0 N–H and O–H groups in total. The van der Waals surface area contributed by atoms with Gasteiger partial charge >= 0.3 is 569 Å². The minimum absolute atomic E-state index is 0. The van der Waals surface area contributed by atoms with Gasteiger partial charge in [-0.2, -0.15) is 62.3 Å². The van der Waals surface area contributed by atoms with E-state index in [1.54, 1.807) is 57.9 Å². The molecule has 0 aromatic carbocycles. The Morgan fingerprint density at radius 3 is 0.633 bits per heavy atom. The topological polar surface area (TPSA) is 0 Å². The van der Waals surface area contributed by atoms with Gasteiger partial charge in [0, 0.05) is 21.1 Å².